The van der Waals surface area contributed by atoms with E-state index in [1.807, 2.05) is 0 Å². The lowest BCUT2D eigenvalue weighted by Crippen LogP contribution is -2.14. The standard InChI is InChI=1S/C13H13FN2O3S/c1-9-8-10(6-7-11(9)19-2)20(17,18)16-13-5-3-4-12(14)15-13/h3-8H,1-2H3,(H,15,16). The minimum absolute atomic E-state index is 0.0573. The van der Waals surface area contributed by atoms with Crippen molar-refractivity contribution in [2.45, 2.75) is 11.8 Å². The van der Waals surface area contributed by atoms with Gasteiger partial charge in [0.25, 0.3) is 10.0 Å². The molecule has 2 rings (SSSR count). The Kier molecular flexibility index (Phi) is 3.89. The van der Waals surface area contributed by atoms with Crippen LogP contribution in [-0.2, 0) is 10.0 Å². The molecule has 0 fully saturated rings. The molecule has 1 N–H and O–H groups in total. The smallest absolute Gasteiger partial charge is 0.263 e. The summed E-state index contributed by atoms with van der Waals surface area (Å²) in [7, 11) is -2.31. The summed E-state index contributed by atoms with van der Waals surface area (Å²) in [5, 5.41) is 0. The maximum atomic E-state index is 12.9. The van der Waals surface area contributed by atoms with E-state index in [2.05, 4.69) is 9.71 Å². The molecule has 0 aliphatic rings. The van der Waals surface area contributed by atoms with Gasteiger partial charge in [0, 0.05) is 0 Å². The number of sulfonamides is 1. The van der Waals surface area contributed by atoms with Crippen molar-refractivity contribution in [2.24, 2.45) is 0 Å². The van der Waals surface area contributed by atoms with Crippen LogP contribution < -0.4 is 9.46 Å². The van der Waals surface area contributed by atoms with Gasteiger partial charge in [-0.15, -0.1) is 0 Å². The lowest BCUT2D eigenvalue weighted by Gasteiger charge is -2.10. The van der Waals surface area contributed by atoms with E-state index >= 15 is 0 Å². The van der Waals surface area contributed by atoms with Crippen molar-refractivity contribution in [3.63, 3.8) is 0 Å². The molecule has 0 saturated carbocycles. The van der Waals surface area contributed by atoms with E-state index in [1.165, 1.54) is 31.4 Å². The molecule has 5 nitrogen and oxygen atoms in total. The van der Waals surface area contributed by atoms with Gasteiger partial charge in [0.1, 0.15) is 11.6 Å². The lowest BCUT2D eigenvalue weighted by atomic mass is 10.2. The summed E-state index contributed by atoms with van der Waals surface area (Å²) in [6.07, 6.45) is 0. The predicted octanol–water partition coefficient (Wildman–Crippen LogP) is 2.34. The fourth-order valence-corrected chi connectivity index (χ4v) is 2.77. The largest absolute Gasteiger partial charge is 0.496 e. The molecule has 7 heteroatoms. The van der Waals surface area contributed by atoms with E-state index in [4.69, 9.17) is 4.74 Å². The van der Waals surface area contributed by atoms with Crippen LogP contribution in [-0.4, -0.2) is 20.5 Å². The molecule has 2 aromatic rings. The van der Waals surface area contributed by atoms with Crippen molar-refractivity contribution in [1.82, 2.24) is 4.98 Å². The summed E-state index contributed by atoms with van der Waals surface area (Å²) in [6, 6.07) is 8.32. The summed E-state index contributed by atoms with van der Waals surface area (Å²) in [6.45, 7) is 1.73. The van der Waals surface area contributed by atoms with Gasteiger partial charge in [-0.2, -0.15) is 4.39 Å². The summed E-state index contributed by atoms with van der Waals surface area (Å²) in [5.74, 6) is -0.234. The van der Waals surface area contributed by atoms with Crippen LogP contribution in [0.25, 0.3) is 0 Å². The topological polar surface area (TPSA) is 68.3 Å². The van der Waals surface area contributed by atoms with Crippen LogP contribution in [0.2, 0.25) is 0 Å². The van der Waals surface area contributed by atoms with Gasteiger partial charge in [0.15, 0.2) is 0 Å². The van der Waals surface area contributed by atoms with Crippen LogP contribution in [0, 0.1) is 12.9 Å². The number of rotatable bonds is 4. The Bertz CT molecular complexity index is 732. The summed E-state index contributed by atoms with van der Waals surface area (Å²) >= 11 is 0. The number of nitrogens with one attached hydrogen (secondary N) is 1. The first kappa shape index (κ1) is 14.3. The zero-order chi connectivity index (χ0) is 14.8. The van der Waals surface area contributed by atoms with Crippen molar-refractivity contribution >= 4 is 15.8 Å². The Morgan fingerprint density at radius 1 is 1.25 bits per heavy atom. The van der Waals surface area contributed by atoms with Gasteiger partial charge in [-0.3, -0.25) is 4.72 Å². The van der Waals surface area contributed by atoms with Gasteiger partial charge >= 0.3 is 0 Å². The molecule has 106 valence electrons. The normalized spacial score (nSPS) is 11.2. The fraction of sp³-hybridized carbons (Fsp3) is 0.154. The molecular weight excluding hydrogens is 283 g/mol. The SMILES string of the molecule is COc1ccc(S(=O)(=O)Nc2cccc(F)n2)cc1C. The van der Waals surface area contributed by atoms with E-state index in [1.54, 1.807) is 13.0 Å². The third kappa shape index (κ3) is 3.05. The number of nitrogens with zero attached hydrogens (tertiary/aromatic N) is 1. The van der Waals surface area contributed by atoms with Crippen molar-refractivity contribution in [3.05, 3.63) is 47.9 Å². The molecule has 20 heavy (non-hydrogen) atoms. The Labute approximate surface area is 116 Å². The molecule has 1 heterocycles. The van der Waals surface area contributed by atoms with Crippen molar-refractivity contribution in [3.8, 4) is 5.75 Å². The molecule has 0 amide bonds. The molecular formula is C13H13FN2O3S. The average molecular weight is 296 g/mol. The van der Waals surface area contributed by atoms with Crippen LogP contribution >= 0.6 is 0 Å². The summed E-state index contributed by atoms with van der Waals surface area (Å²) in [4.78, 5) is 3.52. The van der Waals surface area contributed by atoms with E-state index in [9.17, 15) is 12.8 Å². The second kappa shape index (κ2) is 5.46. The number of aryl methyl sites for hydroxylation is 1. The average Bonchev–Trinajstić information content (AvgIpc) is 2.38. The summed E-state index contributed by atoms with van der Waals surface area (Å²) < 4.78 is 44.5. The third-order valence-electron chi connectivity index (χ3n) is 2.63. The number of halogens is 1. The maximum Gasteiger partial charge on any atom is 0.263 e. The molecule has 0 atom stereocenters. The molecule has 0 aliphatic heterocycles. The Morgan fingerprint density at radius 3 is 2.60 bits per heavy atom. The molecule has 0 unspecified atom stereocenters. The zero-order valence-electron chi connectivity index (χ0n) is 10.9. The number of methoxy groups -OCH3 is 1. The quantitative estimate of drug-likeness (QED) is 0.879. The van der Waals surface area contributed by atoms with Gasteiger partial charge < -0.3 is 4.74 Å². The van der Waals surface area contributed by atoms with E-state index < -0.39 is 16.0 Å². The number of aromatic nitrogens is 1. The molecule has 1 aromatic carbocycles. The Morgan fingerprint density at radius 2 is 2.00 bits per heavy atom. The number of hydrogen-bond acceptors (Lipinski definition) is 4. The van der Waals surface area contributed by atoms with Gasteiger partial charge in [-0.1, -0.05) is 6.07 Å². The number of ether oxygens (including phenoxy) is 1. The van der Waals surface area contributed by atoms with E-state index in [0.29, 0.717) is 11.3 Å². The monoisotopic (exact) mass is 296 g/mol. The Balaban J connectivity index is 2.33. The number of hydrogen-bond donors (Lipinski definition) is 1. The molecule has 0 bridgehead atoms. The molecule has 1 aromatic heterocycles. The molecule has 0 spiro atoms. The lowest BCUT2D eigenvalue weighted by molar-refractivity contribution is 0.411. The predicted molar refractivity (Wildman–Crippen MR) is 72.7 cm³/mol. The maximum absolute atomic E-state index is 12.9. The van der Waals surface area contributed by atoms with Gasteiger partial charge in [-0.25, -0.2) is 13.4 Å². The minimum atomic E-state index is -3.81. The minimum Gasteiger partial charge on any atom is -0.496 e. The van der Waals surface area contributed by atoms with Crippen LogP contribution in [0.4, 0.5) is 10.2 Å². The van der Waals surface area contributed by atoms with Gasteiger partial charge in [0.05, 0.1) is 12.0 Å². The van der Waals surface area contributed by atoms with Crippen LogP contribution in [0.5, 0.6) is 5.75 Å². The third-order valence-corrected chi connectivity index (χ3v) is 3.98. The van der Waals surface area contributed by atoms with Crippen LogP contribution in [0.3, 0.4) is 0 Å². The second-order valence-electron chi connectivity index (χ2n) is 4.08. The fourth-order valence-electron chi connectivity index (χ4n) is 1.68. The second-order valence-corrected chi connectivity index (χ2v) is 5.76. The van der Waals surface area contributed by atoms with E-state index in [-0.39, 0.29) is 10.7 Å². The highest BCUT2D eigenvalue weighted by molar-refractivity contribution is 7.92. The van der Waals surface area contributed by atoms with Crippen molar-refractivity contribution < 1.29 is 17.5 Å². The number of pyridine rings is 1. The Hall–Kier alpha value is -2.15. The first-order valence-electron chi connectivity index (χ1n) is 5.72. The van der Waals surface area contributed by atoms with Gasteiger partial charge in [0.2, 0.25) is 5.95 Å². The summed E-state index contributed by atoms with van der Waals surface area (Å²) in [5.41, 5.74) is 0.683. The number of benzene rings is 1. The van der Waals surface area contributed by atoms with Crippen molar-refractivity contribution in [2.75, 3.05) is 11.8 Å². The van der Waals surface area contributed by atoms with E-state index in [0.717, 1.165) is 6.07 Å². The van der Waals surface area contributed by atoms with Crippen LogP contribution in [0.15, 0.2) is 41.3 Å². The molecule has 0 saturated heterocycles. The highest BCUT2D eigenvalue weighted by Crippen LogP contribution is 2.22. The molecule has 0 radical (unpaired) electrons. The first-order chi connectivity index (χ1) is 9.42. The highest BCUT2D eigenvalue weighted by Gasteiger charge is 2.16. The van der Waals surface area contributed by atoms with Crippen LogP contribution in [0.1, 0.15) is 5.56 Å². The zero-order valence-corrected chi connectivity index (χ0v) is 11.7. The first-order valence-corrected chi connectivity index (χ1v) is 7.21. The number of anilines is 1. The highest BCUT2D eigenvalue weighted by atomic mass is 32.2. The van der Waals surface area contributed by atoms with Gasteiger partial charge in [-0.05, 0) is 42.8 Å². The van der Waals surface area contributed by atoms with Crippen molar-refractivity contribution in [1.29, 1.82) is 0 Å². The molecule has 0 aliphatic carbocycles.